The van der Waals surface area contributed by atoms with Crippen molar-refractivity contribution in [3.63, 3.8) is 0 Å². The van der Waals surface area contributed by atoms with Crippen molar-refractivity contribution >= 4 is 0 Å². The Balaban J connectivity index is 1.95. The Labute approximate surface area is 59.8 Å². The first kappa shape index (κ1) is 5.33. The Kier molecular flexibility index (Phi) is 0.701. The quantitative estimate of drug-likeness (QED) is 0.397. The lowest BCUT2D eigenvalue weighted by Gasteiger charge is -2.03. The fourth-order valence-electron chi connectivity index (χ4n) is 1.88. The molecule has 0 saturated carbocycles. The lowest BCUT2D eigenvalue weighted by molar-refractivity contribution is 0.291. The van der Waals surface area contributed by atoms with E-state index in [9.17, 15) is 0 Å². The molecule has 2 heteroatoms. The van der Waals surface area contributed by atoms with E-state index in [1.165, 1.54) is 0 Å². The van der Waals surface area contributed by atoms with Gasteiger partial charge in [0.2, 0.25) is 0 Å². The summed E-state index contributed by atoms with van der Waals surface area (Å²) in [6.45, 7) is 2.16. The van der Waals surface area contributed by atoms with Crippen LogP contribution in [-0.2, 0) is 9.47 Å². The van der Waals surface area contributed by atoms with Crippen LogP contribution in [0.3, 0.4) is 0 Å². The summed E-state index contributed by atoms with van der Waals surface area (Å²) < 4.78 is 10.9. The van der Waals surface area contributed by atoms with Crippen molar-refractivity contribution in [2.24, 2.45) is 0 Å². The maximum absolute atomic E-state index is 5.56. The van der Waals surface area contributed by atoms with Crippen molar-refractivity contribution in [1.29, 1.82) is 0 Å². The predicted octanol–water partition coefficient (Wildman–Crippen LogP) is 0.871. The molecule has 0 radical (unpaired) electrons. The highest BCUT2D eigenvalue weighted by molar-refractivity contribution is 5.30. The summed E-state index contributed by atoms with van der Waals surface area (Å²) in [5, 5.41) is 0. The number of rotatable bonds is 1. The van der Waals surface area contributed by atoms with Crippen LogP contribution in [0.2, 0.25) is 0 Å². The van der Waals surface area contributed by atoms with Crippen LogP contribution in [0.5, 0.6) is 0 Å². The smallest absolute Gasteiger partial charge is 0.120 e. The summed E-state index contributed by atoms with van der Waals surface area (Å²) in [5.41, 5.74) is 0.0949. The molecule has 2 nitrogen and oxygen atoms in total. The summed E-state index contributed by atoms with van der Waals surface area (Å²) in [5.74, 6) is 0. The largest absolute Gasteiger partial charge is 0.362 e. The van der Waals surface area contributed by atoms with E-state index in [0.29, 0.717) is 18.3 Å². The number of hydrogen-bond acceptors (Lipinski definition) is 2. The predicted molar refractivity (Wildman–Crippen MR) is 35.7 cm³/mol. The van der Waals surface area contributed by atoms with Gasteiger partial charge in [0.15, 0.2) is 0 Å². The molecule has 3 aliphatic rings. The van der Waals surface area contributed by atoms with Crippen LogP contribution in [-0.4, -0.2) is 23.9 Å². The molecule has 0 aromatic carbocycles. The molecule has 2 saturated heterocycles. The second kappa shape index (κ2) is 1.31. The third-order valence-electron chi connectivity index (χ3n) is 2.75. The van der Waals surface area contributed by atoms with Crippen molar-refractivity contribution in [3.8, 4) is 0 Å². The zero-order valence-electron chi connectivity index (χ0n) is 5.91. The monoisotopic (exact) mass is 138 g/mol. The van der Waals surface area contributed by atoms with Gasteiger partial charge in [0.25, 0.3) is 0 Å². The highest BCUT2D eigenvalue weighted by Gasteiger charge is 2.67. The van der Waals surface area contributed by atoms with E-state index in [4.69, 9.17) is 9.47 Å². The van der Waals surface area contributed by atoms with E-state index in [1.807, 2.05) is 0 Å². The minimum Gasteiger partial charge on any atom is -0.362 e. The second-order valence-corrected chi connectivity index (χ2v) is 3.27. The average molecular weight is 138 g/mol. The SMILES string of the molecule is CCC12C=CC3OC3C1O2. The zero-order valence-corrected chi connectivity index (χ0v) is 5.91. The lowest BCUT2D eigenvalue weighted by atomic mass is 9.94. The van der Waals surface area contributed by atoms with Gasteiger partial charge in [0.1, 0.15) is 23.9 Å². The highest BCUT2D eigenvalue weighted by Crippen LogP contribution is 2.53. The molecule has 3 rings (SSSR count). The topological polar surface area (TPSA) is 25.1 Å². The third-order valence-corrected chi connectivity index (χ3v) is 2.75. The van der Waals surface area contributed by atoms with Gasteiger partial charge in [0.05, 0.1) is 0 Å². The Morgan fingerprint density at radius 2 is 2.50 bits per heavy atom. The van der Waals surface area contributed by atoms with Gasteiger partial charge in [-0.25, -0.2) is 0 Å². The molecule has 0 aromatic heterocycles. The van der Waals surface area contributed by atoms with Crippen molar-refractivity contribution in [2.45, 2.75) is 37.3 Å². The molecule has 2 heterocycles. The van der Waals surface area contributed by atoms with Crippen molar-refractivity contribution < 1.29 is 9.47 Å². The zero-order chi connectivity index (χ0) is 6.77. The van der Waals surface area contributed by atoms with Gasteiger partial charge in [-0.3, -0.25) is 0 Å². The van der Waals surface area contributed by atoms with Gasteiger partial charge < -0.3 is 9.47 Å². The first-order valence-electron chi connectivity index (χ1n) is 3.88. The Morgan fingerprint density at radius 3 is 3.30 bits per heavy atom. The standard InChI is InChI=1S/C8H10O2/c1-2-8-4-3-5-6(9-5)7(8)10-8/h3-7H,2H2,1H3. The Morgan fingerprint density at radius 1 is 1.60 bits per heavy atom. The molecule has 0 bridgehead atoms. The minimum atomic E-state index is 0.0949. The van der Waals surface area contributed by atoms with Crippen LogP contribution in [0.4, 0.5) is 0 Å². The van der Waals surface area contributed by atoms with Crippen LogP contribution in [0, 0.1) is 0 Å². The summed E-state index contributed by atoms with van der Waals surface area (Å²) in [6.07, 6.45) is 6.59. The van der Waals surface area contributed by atoms with Crippen molar-refractivity contribution in [2.75, 3.05) is 0 Å². The first-order valence-corrected chi connectivity index (χ1v) is 3.88. The van der Waals surface area contributed by atoms with E-state index in [0.717, 1.165) is 6.42 Å². The van der Waals surface area contributed by atoms with Gasteiger partial charge >= 0.3 is 0 Å². The van der Waals surface area contributed by atoms with Crippen LogP contribution in [0.15, 0.2) is 12.2 Å². The van der Waals surface area contributed by atoms with E-state index in [1.54, 1.807) is 0 Å². The molecule has 4 unspecified atom stereocenters. The van der Waals surface area contributed by atoms with E-state index in [2.05, 4.69) is 19.1 Å². The third kappa shape index (κ3) is 0.444. The number of fused-ring (bicyclic) bond motifs is 3. The molecule has 2 aliphatic heterocycles. The number of hydrogen-bond donors (Lipinski definition) is 0. The van der Waals surface area contributed by atoms with Gasteiger partial charge in [-0.05, 0) is 6.42 Å². The van der Waals surface area contributed by atoms with Gasteiger partial charge in [-0.1, -0.05) is 19.1 Å². The molecule has 0 amide bonds. The van der Waals surface area contributed by atoms with E-state index in [-0.39, 0.29) is 5.60 Å². The summed E-state index contributed by atoms with van der Waals surface area (Å²) in [4.78, 5) is 0. The van der Waals surface area contributed by atoms with Crippen molar-refractivity contribution in [3.05, 3.63) is 12.2 Å². The Bertz CT molecular complexity index is 211. The fraction of sp³-hybridized carbons (Fsp3) is 0.750. The fourth-order valence-corrected chi connectivity index (χ4v) is 1.88. The lowest BCUT2D eigenvalue weighted by Crippen LogP contribution is -2.18. The molecule has 2 fully saturated rings. The Hall–Kier alpha value is -0.340. The average Bonchev–Trinajstić information content (AvgIpc) is 2.82. The normalized spacial score (nSPS) is 61.1. The van der Waals surface area contributed by atoms with Gasteiger partial charge in [0, 0.05) is 0 Å². The summed E-state index contributed by atoms with van der Waals surface area (Å²) in [7, 11) is 0. The molecule has 4 atom stereocenters. The van der Waals surface area contributed by atoms with Crippen LogP contribution < -0.4 is 0 Å². The first-order chi connectivity index (χ1) is 4.86. The summed E-state index contributed by atoms with van der Waals surface area (Å²) in [6, 6.07) is 0. The molecule has 1 aliphatic carbocycles. The molecule has 0 aromatic rings. The van der Waals surface area contributed by atoms with Crippen LogP contribution in [0.1, 0.15) is 13.3 Å². The maximum atomic E-state index is 5.56. The van der Waals surface area contributed by atoms with Gasteiger partial charge in [-0.2, -0.15) is 0 Å². The van der Waals surface area contributed by atoms with Crippen LogP contribution >= 0.6 is 0 Å². The molecular formula is C8H10O2. The minimum absolute atomic E-state index is 0.0949. The highest BCUT2D eigenvalue weighted by atomic mass is 16.7. The van der Waals surface area contributed by atoms with Crippen molar-refractivity contribution in [1.82, 2.24) is 0 Å². The molecule has 0 N–H and O–H groups in total. The van der Waals surface area contributed by atoms with Crippen LogP contribution in [0.25, 0.3) is 0 Å². The molecular weight excluding hydrogens is 128 g/mol. The van der Waals surface area contributed by atoms with E-state index < -0.39 is 0 Å². The molecule has 10 heavy (non-hydrogen) atoms. The van der Waals surface area contributed by atoms with Gasteiger partial charge in [-0.15, -0.1) is 0 Å². The maximum Gasteiger partial charge on any atom is 0.120 e. The number of ether oxygens (including phenoxy) is 2. The second-order valence-electron chi connectivity index (χ2n) is 3.27. The number of epoxide rings is 2. The molecule has 54 valence electrons. The van der Waals surface area contributed by atoms with E-state index >= 15 is 0 Å². The summed E-state index contributed by atoms with van der Waals surface area (Å²) >= 11 is 0. The molecule has 0 spiro atoms.